The highest BCUT2D eigenvalue weighted by Crippen LogP contribution is 2.20. The second-order valence-electron chi connectivity index (χ2n) is 6.52. The Morgan fingerprint density at radius 2 is 1.50 bits per heavy atom. The van der Waals surface area contributed by atoms with Crippen LogP contribution in [0.3, 0.4) is 0 Å². The molecule has 0 heterocycles. The largest absolute Gasteiger partial charge is 0.497 e. The van der Waals surface area contributed by atoms with Crippen LogP contribution in [0, 0.1) is 0 Å². The van der Waals surface area contributed by atoms with Crippen LogP contribution in [-0.2, 0) is 4.79 Å². The van der Waals surface area contributed by atoms with Crippen LogP contribution in [-0.4, -0.2) is 30.8 Å². The van der Waals surface area contributed by atoms with Crippen LogP contribution in [0.4, 0.5) is 0 Å². The van der Waals surface area contributed by atoms with E-state index in [9.17, 15) is 9.90 Å². The summed E-state index contributed by atoms with van der Waals surface area (Å²) in [6.45, 7) is 6.05. The molecular weight excluding hydrogens is 330 g/mol. The van der Waals surface area contributed by atoms with E-state index in [2.05, 4.69) is 19.2 Å². The van der Waals surface area contributed by atoms with Gasteiger partial charge in [-0.15, -0.1) is 0 Å². The van der Waals surface area contributed by atoms with Gasteiger partial charge in [-0.3, -0.25) is 4.79 Å². The summed E-state index contributed by atoms with van der Waals surface area (Å²) in [4.78, 5) is 12.2. The number of aliphatic hydroxyl groups excluding tert-OH is 1. The Balaban J connectivity index is 1.84. The molecule has 0 bridgehead atoms. The third-order valence-corrected chi connectivity index (χ3v) is 4.20. The molecule has 2 rings (SSSR count). The standard InChI is InChI=1S/C21H27NO4/c1-14(2)16-5-11-19(12-6-16)26-15(3)21(24)22-13-20(23)17-7-9-18(25-4)10-8-17/h5-12,14-15,20,23H,13H2,1-4H3,(H,22,24). The summed E-state index contributed by atoms with van der Waals surface area (Å²) >= 11 is 0. The van der Waals surface area contributed by atoms with E-state index in [1.54, 1.807) is 38.3 Å². The number of hydrogen-bond donors (Lipinski definition) is 2. The number of carbonyl (C=O) groups is 1. The molecule has 26 heavy (non-hydrogen) atoms. The highest BCUT2D eigenvalue weighted by atomic mass is 16.5. The number of ether oxygens (including phenoxy) is 2. The summed E-state index contributed by atoms with van der Waals surface area (Å²) in [7, 11) is 1.59. The number of rotatable bonds is 8. The molecule has 0 saturated carbocycles. The van der Waals surface area contributed by atoms with Crippen molar-refractivity contribution >= 4 is 5.91 Å². The molecule has 0 aromatic heterocycles. The fourth-order valence-corrected chi connectivity index (χ4v) is 2.47. The summed E-state index contributed by atoms with van der Waals surface area (Å²) in [6, 6.07) is 14.8. The van der Waals surface area contributed by atoms with E-state index < -0.39 is 12.2 Å². The zero-order valence-corrected chi connectivity index (χ0v) is 15.7. The molecule has 0 aliphatic heterocycles. The molecule has 2 aromatic carbocycles. The van der Waals surface area contributed by atoms with Crippen LogP contribution in [0.2, 0.25) is 0 Å². The number of amides is 1. The van der Waals surface area contributed by atoms with Crippen molar-refractivity contribution in [2.24, 2.45) is 0 Å². The molecule has 2 aromatic rings. The van der Waals surface area contributed by atoms with Crippen molar-refractivity contribution in [2.45, 2.75) is 38.9 Å². The minimum absolute atomic E-state index is 0.116. The van der Waals surface area contributed by atoms with Gasteiger partial charge in [0.1, 0.15) is 11.5 Å². The molecule has 2 N–H and O–H groups in total. The van der Waals surface area contributed by atoms with Crippen molar-refractivity contribution in [1.82, 2.24) is 5.32 Å². The Morgan fingerprint density at radius 3 is 2.04 bits per heavy atom. The van der Waals surface area contributed by atoms with E-state index in [-0.39, 0.29) is 12.5 Å². The lowest BCUT2D eigenvalue weighted by Crippen LogP contribution is -2.38. The smallest absolute Gasteiger partial charge is 0.260 e. The van der Waals surface area contributed by atoms with E-state index in [1.807, 2.05) is 24.3 Å². The number of nitrogens with one attached hydrogen (secondary N) is 1. The lowest BCUT2D eigenvalue weighted by Gasteiger charge is -2.17. The van der Waals surface area contributed by atoms with Crippen LogP contribution in [0.5, 0.6) is 11.5 Å². The molecule has 5 nitrogen and oxygen atoms in total. The van der Waals surface area contributed by atoms with Crippen molar-refractivity contribution < 1.29 is 19.4 Å². The van der Waals surface area contributed by atoms with Gasteiger partial charge in [0.25, 0.3) is 5.91 Å². The van der Waals surface area contributed by atoms with E-state index in [1.165, 1.54) is 5.56 Å². The minimum Gasteiger partial charge on any atom is -0.497 e. The molecule has 2 unspecified atom stereocenters. The number of methoxy groups -OCH3 is 1. The van der Waals surface area contributed by atoms with Gasteiger partial charge in [-0.05, 0) is 48.2 Å². The van der Waals surface area contributed by atoms with E-state index in [4.69, 9.17) is 9.47 Å². The maximum absolute atomic E-state index is 12.2. The fraction of sp³-hybridized carbons (Fsp3) is 0.381. The molecule has 0 radical (unpaired) electrons. The number of carbonyl (C=O) groups excluding carboxylic acids is 1. The third kappa shape index (κ3) is 5.49. The highest BCUT2D eigenvalue weighted by Gasteiger charge is 2.16. The first-order valence-corrected chi connectivity index (χ1v) is 8.77. The van der Waals surface area contributed by atoms with Gasteiger partial charge in [0.2, 0.25) is 0 Å². The van der Waals surface area contributed by atoms with Crippen molar-refractivity contribution in [3.63, 3.8) is 0 Å². The average molecular weight is 357 g/mol. The zero-order valence-electron chi connectivity index (χ0n) is 15.7. The second-order valence-corrected chi connectivity index (χ2v) is 6.52. The Labute approximate surface area is 155 Å². The first kappa shape index (κ1) is 19.8. The summed E-state index contributed by atoms with van der Waals surface area (Å²) in [6.07, 6.45) is -1.44. The zero-order chi connectivity index (χ0) is 19.1. The predicted octanol–water partition coefficient (Wildman–Crippen LogP) is 3.44. The van der Waals surface area contributed by atoms with Gasteiger partial charge in [-0.25, -0.2) is 0 Å². The maximum atomic E-state index is 12.2. The van der Waals surface area contributed by atoms with Crippen LogP contribution >= 0.6 is 0 Å². The molecule has 140 valence electrons. The van der Waals surface area contributed by atoms with E-state index >= 15 is 0 Å². The fourth-order valence-electron chi connectivity index (χ4n) is 2.47. The van der Waals surface area contributed by atoms with E-state index in [0.29, 0.717) is 17.2 Å². The van der Waals surface area contributed by atoms with Crippen LogP contribution in [0.25, 0.3) is 0 Å². The van der Waals surface area contributed by atoms with Crippen molar-refractivity contribution in [3.8, 4) is 11.5 Å². The van der Waals surface area contributed by atoms with Gasteiger partial charge >= 0.3 is 0 Å². The lowest BCUT2D eigenvalue weighted by atomic mass is 10.0. The maximum Gasteiger partial charge on any atom is 0.260 e. The number of aliphatic hydroxyl groups is 1. The number of benzene rings is 2. The topological polar surface area (TPSA) is 67.8 Å². The van der Waals surface area contributed by atoms with Gasteiger partial charge < -0.3 is 19.9 Å². The lowest BCUT2D eigenvalue weighted by molar-refractivity contribution is -0.127. The normalized spacial score (nSPS) is 13.2. The van der Waals surface area contributed by atoms with Crippen LogP contribution < -0.4 is 14.8 Å². The summed E-state index contributed by atoms with van der Waals surface area (Å²) < 4.78 is 10.8. The van der Waals surface area contributed by atoms with Gasteiger partial charge in [-0.2, -0.15) is 0 Å². The molecule has 0 aliphatic carbocycles. The second kappa shape index (κ2) is 9.25. The third-order valence-electron chi connectivity index (χ3n) is 4.20. The first-order chi connectivity index (χ1) is 12.4. The van der Waals surface area contributed by atoms with Crippen molar-refractivity contribution in [1.29, 1.82) is 0 Å². The molecule has 5 heteroatoms. The molecule has 0 saturated heterocycles. The Kier molecular flexibility index (Phi) is 7.04. The van der Waals surface area contributed by atoms with Gasteiger partial charge in [-0.1, -0.05) is 38.1 Å². The van der Waals surface area contributed by atoms with Gasteiger partial charge in [0, 0.05) is 6.54 Å². The molecule has 0 spiro atoms. The molecular formula is C21H27NO4. The Bertz CT molecular complexity index is 695. The highest BCUT2D eigenvalue weighted by molar-refractivity contribution is 5.80. The van der Waals surface area contributed by atoms with Crippen molar-refractivity contribution in [3.05, 3.63) is 59.7 Å². The minimum atomic E-state index is -0.789. The number of hydrogen-bond acceptors (Lipinski definition) is 4. The summed E-state index contributed by atoms with van der Waals surface area (Å²) in [5.41, 5.74) is 1.93. The molecule has 1 amide bonds. The first-order valence-electron chi connectivity index (χ1n) is 8.77. The predicted molar refractivity (Wildman–Crippen MR) is 102 cm³/mol. The van der Waals surface area contributed by atoms with Gasteiger partial charge in [0.15, 0.2) is 6.10 Å². The van der Waals surface area contributed by atoms with Crippen molar-refractivity contribution in [2.75, 3.05) is 13.7 Å². The van der Waals surface area contributed by atoms with Gasteiger partial charge in [0.05, 0.1) is 13.2 Å². The van der Waals surface area contributed by atoms with Crippen LogP contribution in [0.1, 0.15) is 43.9 Å². The summed E-state index contributed by atoms with van der Waals surface area (Å²) in [5.74, 6) is 1.54. The Hall–Kier alpha value is -2.53. The van der Waals surface area contributed by atoms with E-state index in [0.717, 1.165) is 5.75 Å². The molecule has 0 aliphatic rings. The monoisotopic (exact) mass is 357 g/mol. The molecule has 2 atom stereocenters. The van der Waals surface area contributed by atoms with Crippen LogP contribution in [0.15, 0.2) is 48.5 Å². The quantitative estimate of drug-likeness (QED) is 0.759. The summed E-state index contributed by atoms with van der Waals surface area (Å²) in [5, 5.41) is 12.9. The average Bonchev–Trinajstić information content (AvgIpc) is 2.66. The molecule has 0 fully saturated rings. The SMILES string of the molecule is COc1ccc(C(O)CNC(=O)C(C)Oc2ccc(C(C)C)cc2)cc1. The Morgan fingerprint density at radius 1 is 0.962 bits per heavy atom.